The lowest BCUT2D eigenvalue weighted by atomic mass is 10.1. The zero-order valence-corrected chi connectivity index (χ0v) is 16.7. The van der Waals surface area contributed by atoms with Crippen LogP contribution < -0.4 is 9.62 Å². The Balaban J connectivity index is 1.59. The molecule has 7 heteroatoms. The number of sulfonamides is 1. The van der Waals surface area contributed by atoms with Gasteiger partial charge in [0.25, 0.3) is 5.91 Å². The van der Waals surface area contributed by atoms with Gasteiger partial charge in [-0.25, -0.2) is 8.42 Å². The molecule has 1 aliphatic rings. The Morgan fingerprint density at radius 2 is 1.79 bits per heavy atom. The van der Waals surface area contributed by atoms with Crippen molar-refractivity contribution in [3.8, 4) is 0 Å². The molecule has 0 atom stereocenters. The molecule has 0 radical (unpaired) electrons. The Morgan fingerprint density at radius 3 is 2.43 bits per heavy atom. The number of hydrogen-bond donors (Lipinski definition) is 1. The molecule has 1 amide bonds. The van der Waals surface area contributed by atoms with Gasteiger partial charge in [-0.2, -0.15) is 0 Å². The second-order valence-electron chi connectivity index (χ2n) is 7.30. The fraction of sp³-hybridized carbons (Fsp3) is 0.286. The molecule has 3 aromatic rings. The lowest BCUT2D eigenvalue weighted by Crippen LogP contribution is -2.24. The number of carbonyl (C=O) groups is 1. The lowest BCUT2D eigenvalue weighted by Gasteiger charge is -2.17. The highest BCUT2D eigenvalue weighted by Gasteiger charge is 2.28. The van der Waals surface area contributed by atoms with E-state index in [1.165, 1.54) is 4.31 Å². The molecule has 0 bridgehead atoms. The van der Waals surface area contributed by atoms with Crippen molar-refractivity contribution >= 4 is 38.2 Å². The summed E-state index contributed by atoms with van der Waals surface area (Å²) in [6.45, 7) is 4.67. The van der Waals surface area contributed by atoms with Crippen LogP contribution in [0.1, 0.15) is 36.7 Å². The third kappa shape index (κ3) is 3.26. The Kier molecular flexibility index (Phi) is 4.63. The quantitative estimate of drug-likeness (QED) is 0.723. The van der Waals surface area contributed by atoms with Crippen LogP contribution in [0.15, 0.2) is 54.7 Å². The van der Waals surface area contributed by atoms with Crippen LogP contribution in [0.5, 0.6) is 0 Å². The minimum absolute atomic E-state index is 0.183. The lowest BCUT2D eigenvalue weighted by molar-refractivity contribution is 0.102. The average molecular weight is 398 g/mol. The van der Waals surface area contributed by atoms with Crippen molar-refractivity contribution in [3.63, 3.8) is 0 Å². The summed E-state index contributed by atoms with van der Waals surface area (Å²) in [5.74, 6) is 0.00271. The maximum Gasteiger partial charge on any atom is 0.257 e. The number of aromatic nitrogens is 1. The van der Waals surface area contributed by atoms with E-state index in [0.29, 0.717) is 29.9 Å². The van der Waals surface area contributed by atoms with Crippen LogP contribution >= 0.6 is 0 Å². The molecule has 28 heavy (non-hydrogen) atoms. The smallest absolute Gasteiger partial charge is 0.257 e. The van der Waals surface area contributed by atoms with Gasteiger partial charge in [0.15, 0.2) is 0 Å². The second-order valence-corrected chi connectivity index (χ2v) is 9.32. The third-order valence-electron chi connectivity index (χ3n) is 5.05. The molecule has 6 nitrogen and oxygen atoms in total. The van der Waals surface area contributed by atoms with E-state index < -0.39 is 10.0 Å². The van der Waals surface area contributed by atoms with Gasteiger partial charge in [-0.15, -0.1) is 0 Å². The fourth-order valence-electron chi connectivity index (χ4n) is 3.65. The number of nitrogens with one attached hydrogen (secondary N) is 1. The first-order valence-corrected chi connectivity index (χ1v) is 11.0. The molecule has 146 valence electrons. The number of benzene rings is 2. The van der Waals surface area contributed by atoms with E-state index in [9.17, 15) is 13.2 Å². The molecule has 0 spiro atoms. The van der Waals surface area contributed by atoms with Crippen LogP contribution in [0.4, 0.5) is 11.4 Å². The van der Waals surface area contributed by atoms with Crippen molar-refractivity contribution in [1.82, 2.24) is 4.57 Å². The van der Waals surface area contributed by atoms with Crippen LogP contribution in [0.3, 0.4) is 0 Å². The maximum atomic E-state index is 12.9. The van der Waals surface area contributed by atoms with E-state index in [4.69, 9.17) is 0 Å². The van der Waals surface area contributed by atoms with E-state index >= 15 is 0 Å². The minimum atomic E-state index is -3.21. The van der Waals surface area contributed by atoms with Crippen molar-refractivity contribution < 1.29 is 13.2 Å². The number of anilines is 2. The molecule has 4 rings (SSSR count). The molecule has 1 aromatic heterocycles. The number of nitrogens with zero attached hydrogens (tertiary/aromatic N) is 2. The summed E-state index contributed by atoms with van der Waals surface area (Å²) in [6, 6.07) is 15.0. The number of hydrogen-bond acceptors (Lipinski definition) is 3. The Labute approximate surface area is 164 Å². The highest BCUT2D eigenvalue weighted by Crippen LogP contribution is 2.27. The molecule has 0 unspecified atom stereocenters. The van der Waals surface area contributed by atoms with Crippen LogP contribution in [0.25, 0.3) is 10.9 Å². The Morgan fingerprint density at radius 1 is 1.07 bits per heavy atom. The first-order chi connectivity index (χ1) is 13.4. The summed E-state index contributed by atoms with van der Waals surface area (Å²) in [7, 11) is -3.21. The summed E-state index contributed by atoms with van der Waals surface area (Å²) >= 11 is 0. The van der Waals surface area contributed by atoms with Crippen molar-refractivity contribution in [1.29, 1.82) is 0 Å². The molecule has 1 N–H and O–H groups in total. The number of rotatable bonds is 4. The Bertz CT molecular complexity index is 1130. The SMILES string of the molecule is CC(C)n1cc(C(=O)Nc2ccc(N3CCCS3(=O)=O)cc2)c2ccccc21. The third-order valence-corrected chi connectivity index (χ3v) is 6.92. The summed E-state index contributed by atoms with van der Waals surface area (Å²) in [6.07, 6.45) is 2.52. The minimum Gasteiger partial charge on any atom is -0.344 e. The van der Waals surface area contributed by atoms with Gasteiger partial charge in [0.2, 0.25) is 10.0 Å². The highest BCUT2D eigenvalue weighted by atomic mass is 32.2. The number of para-hydroxylation sites is 1. The first kappa shape index (κ1) is 18.6. The van der Waals surface area contributed by atoms with Gasteiger partial charge >= 0.3 is 0 Å². The number of amides is 1. The summed E-state index contributed by atoms with van der Waals surface area (Å²) in [5.41, 5.74) is 2.91. The molecule has 1 saturated heterocycles. The van der Waals surface area contributed by atoms with Crippen molar-refractivity contribution in [3.05, 3.63) is 60.3 Å². The van der Waals surface area contributed by atoms with Gasteiger partial charge < -0.3 is 9.88 Å². The predicted molar refractivity (Wildman–Crippen MR) is 112 cm³/mol. The largest absolute Gasteiger partial charge is 0.344 e. The molecule has 0 aliphatic carbocycles. The van der Waals surface area contributed by atoms with Crippen LogP contribution in [-0.4, -0.2) is 31.2 Å². The van der Waals surface area contributed by atoms with E-state index in [1.807, 2.05) is 30.5 Å². The first-order valence-electron chi connectivity index (χ1n) is 9.38. The topological polar surface area (TPSA) is 71.4 Å². The van der Waals surface area contributed by atoms with Gasteiger partial charge in [0.1, 0.15) is 0 Å². The molecular formula is C21H23N3O3S. The molecule has 1 fully saturated rings. The molecule has 2 heterocycles. The second kappa shape index (κ2) is 6.98. The number of fused-ring (bicyclic) bond motifs is 1. The van der Waals surface area contributed by atoms with Gasteiger partial charge in [-0.1, -0.05) is 18.2 Å². The summed E-state index contributed by atoms with van der Waals surface area (Å²) in [4.78, 5) is 12.9. The van der Waals surface area contributed by atoms with Gasteiger partial charge in [-0.05, 0) is 50.6 Å². The normalized spacial score (nSPS) is 16.0. The van der Waals surface area contributed by atoms with Crippen molar-refractivity contribution in [2.45, 2.75) is 26.3 Å². The predicted octanol–water partition coefficient (Wildman–Crippen LogP) is 4.01. The Hall–Kier alpha value is -2.80. The monoisotopic (exact) mass is 397 g/mol. The van der Waals surface area contributed by atoms with E-state index in [1.54, 1.807) is 24.3 Å². The average Bonchev–Trinajstić information content (AvgIpc) is 3.22. The van der Waals surface area contributed by atoms with Gasteiger partial charge in [0.05, 0.1) is 17.0 Å². The molecule has 0 saturated carbocycles. The highest BCUT2D eigenvalue weighted by molar-refractivity contribution is 7.93. The molecule has 2 aromatic carbocycles. The summed E-state index contributed by atoms with van der Waals surface area (Å²) < 4.78 is 27.6. The van der Waals surface area contributed by atoms with Crippen LogP contribution in [0.2, 0.25) is 0 Å². The van der Waals surface area contributed by atoms with Gasteiger partial charge in [-0.3, -0.25) is 9.10 Å². The zero-order chi connectivity index (χ0) is 19.9. The molecule has 1 aliphatic heterocycles. The zero-order valence-electron chi connectivity index (χ0n) is 15.9. The van der Waals surface area contributed by atoms with Crippen LogP contribution in [-0.2, 0) is 10.0 Å². The van der Waals surface area contributed by atoms with E-state index in [-0.39, 0.29) is 17.7 Å². The fourth-order valence-corrected chi connectivity index (χ4v) is 5.22. The van der Waals surface area contributed by atoms with Gasteiger partial charge in [0, 0.05) is 35.4 Å². The maximum absolute atomic E-state index is 12.9. The van der Waals surface area contributed by atoms with E-state index in [0.717, 1.165) is 10.9 Å². The van der Waals surface area contributed by atoms with Crippen LogP contribution in [0, 0.1) is 0 Å². The van der Waals surface area contributed by atoms with Crippen molar-refractivity contribution in [2.24, 2.45) is 0 Å². The summed E-state index contributed by atoms with van der Waals surface area (Å²) in [5, 5.41) is 3.83. The number of carbonyl (C=O) groups excluding carboxylic acids is 1. The van der Waals surface area contributed by atoms with E-state index in [2.05, 4.69) is 23.7 Å². The van der Waals surface area contributed by atoms with Crippen molar-refractivity contribution in [2.75, 3.05) is 21.9 Å². The standard InChI is InChI=1S/C21H23N3O3S/c1-15(2)23-14-19(18-6-3-4-7-20(18)23)21(25)22-16-8-10-17(11-9-16)24-12-5-13-28(24,26)27/h3-4,6-11,14-15H,5,12-13H2,1-2H3,(H,22,25). The molecular weight excluding hydrogens is 374 g/mol.